The molecule has 2 heterocycles. The summed E-state index contributed by atoms with van der Waals surface area (Å²) in [6, 6.07) is 1.41. The van der Waals surface area contributed by atoms with Gasteiger partial charge in [-0.25, -0.2) is 4.79 Å². The molecule has 144 valence electrons. The number of aryl methyl sites for hydroxylation is 1. The van der Waals surface area contributed by atoms with Gasteiger partial charge in [0, 0.05) is 45.0 Å². The first kappa shape index (κ1) is 20.3. The Morgan fingerprint density at radius 3 is 2.38 bits per heavy atom. The molecule has 1 aliphatic heterocycles. The number of piperazine rings is 1. The quantitative estimate of drug-likeness (QED) is 0.579. The summed E-state index contributed by atoms with van der Waals surface area (Å²) >= 11 is 1.26. The van der Waals surface area contributed by atoms with Crippen LogP contribution in [0.2, 0.25) is 0 Å². The molecule has 0 aliphatic carbocycles. The molecule has 0 saturated carbocycles. The van der Waals surface area contributed by atoms with Gasteiger partial charge in [0.05, 0.1) is 5.75 Å². The molecule has 0 spiro atoms. The minimum Gasteiger partial charge on any atom is -0.444 e. The van der Waals surface area contributed by atoms with E-state index in [2.05, 4.69) is 4.98 Å². The first-order valence-electron chi connectivity index (χ1n) is 8.65. The second kappa shape index (κ2) is 8.57. The molecule has 1 aromatic heterocycles. The molecule has 1 fully saturated rings. The standard InChI is InChI=1S/C17H26N4O4S/c1-5-19-7-6-13(22)18-15(19)26-12-14(23)20-8-10-21(11-9-20)16(24)25-17(2,3)4/h6-7H,5,8-12H2,1-4H3. The van der Waals surface area contributed by atoms with E-state index in [1.807, 2.05) is 32.3 Å². The zero-order valence-electron chi connectivity index (χ0n) is 15.7. The number of ether oxygens (including phenoxy) is 1. The lowest BCUT2D eigenvalue weighted by molar-refractivity contribution is -0.130. The van der Waals surface area contributed by atoms with Crippen LogP contribution in [0, 0.1) is 0 Å². The Balaban J connectivity index is 1.84. The maximum absolute atomic E-state index is 12.4. The largest absolute Gasteiger partial charge is 0.444 e. The minimum absolute atomic E-state index is 0.0282. The van der Waals surface area contributed by atoms with Crippen molar-refractivity contribution in [1.29, 1.82) is 0 Å². The van der Waals surface area contributed by atoms with Crippen molar-refractivity contribution < 1.29 is 14.3 Å². The van der Waals surface area contributed by atoms with Crippen molar-refractivity contribution in [3.05, 3.63) is 22.6 Å². The van der Waals surface area contributed by atoms with Gasteiger partial charge >= 0.3 is 6.09 Å². The molecule has 0 radical (unpaired) electrons. The first-order chi connectivity index (χ1) is 12.2. The molecule has 9 heteroatoms. The van der Waals surface area contributed by atoms with Gasteiger partial charge in [-0.1, -0.05) is 11.8 Å². The zero-order chi connectivity index (χ0) is 19.3. The van der Waals surface area contributed by atoms with Crippen LogP contribution in [-0.4, -0.2) is 68.9 Å². The highest BCUT2D eigenvalue weighted by molar-refractivity contribution is 7.99. The molecule has 8 nitrogen and oxygen atoms in total. The summed E-state index contributed by atoms with van der Waals surface area (Å²) in [7, 11) is 0. The zero-order valence-corrected chi connectivity index (χ0v) is 16.5. The van der Waals surface area contributed by atoms with Gasteiger partial charge < -0.3 is 19.1 Å². The van der Waals surface area contributed by atoms with Crippen LogP contribution >= 0.6 is 11.8 Å². The number of hydrogen-bond acceptors (Lipinski definition) is 6. The molecule has 1 aromatic rings. The van der Waals surface area contributed by atoms with E-state index in [9.17, 15) is 14.4 Å². The van der Waals surface area contributed by atoms with E-state index in [0.717, 1.165) is 0 Å². The highest BCUT2D eigenvalue weighted by Gasteiger charge is 2.27. The number of hydrogen-bond donors (Lipinski definition) is 0. The van der Waals surface area contributed by atoms with Crippen molar-refractivity contribution in [3.63, 3.8) is 0 Å². The molecular formula is C17H26N4O4S. The maximum Gasteiger partial charge on any atom is 0.410 e. The van der Waals surface area contributed by atoms with E-state index in [1.165, 1.54) is 17.8 Å². The Kier molecular flexibility index (Phi) is 6.69. The molecule has 2 rings (SSSR count). The van der Waals surface area contributed by atoms with E-state index in [4.69, 9.17) is 4.74 Å². The van der Waals surface area contributed by atoms with Crippen LogP contribution in [0.4, 0.5) is 4.79 Å². The molecule has 26 heavy (non-hydrogen) atoms. The lowest BCUT2D eigenvalue weighted by Crippen LogP contribution is -2.52. The monoisotopic (exact) mass is 382 g/mol. The Labute approximate surface area is 157 Å². The molecule has 0 unspecified atom stereocenters. The van der Waals surface area contributed by atoms with E-state index >= 15 is 0 Å². The van der Waals surface area contributed by atoms with Gasteiger partial charge in [-0.05, 0) is 27.7 Å². The summed E-state index contributed by atoms with van der Waals surface area (Å²) in [5, 5.41) is 0.542. The Morgan fingerprint density at radius 1 is 1.19 bits per heavy atom. The van der Waals surface area contributed by atoms with Gasteiger partial charge in [0.25, 0.3) is 5.56 Å². The average molecular weight is 382 g/mol. The summed E-state index contributed by atoms with van der Waals surface area (Å²) < 4.78 is 7.19. The number of rotatable bonds is 4. The van der Waals surface area contributed by atoms with E-state index in [-0.39, 0.29) is 23.3 Å². The molecule has 1 aliphatic rings. The van der Waals surface area contributed by atoms with Crippen LogP contribution in [0.5, 0.6) is 0 Å². The van der Waals surface area contributed by atoms with Gasteiger partial charge in [-0.2, -0.15) is 4.98 Å². The first-order valence-corrected chi connectivity index (χ1v) is 9.64. The van der Waals surface area contributed by atoms with Crippen molar-refractivity contribution >= 4 is 23.8 Å². The second-order valence-corrected chi connectivity index (χ2v) is 7.91. The fourth-order valence-corrected chi connectivity index (χ4v) is 3.40. The van der Waals surface area contributed by atoms with Crippen molar-refractivity contribution in [2.45, 2.75) is 45.0 Å². The topological polar surface area (TPSA) is 84.7 Å². The molecule has 2 amide bonds. The molecule has 1 saturated heterocycles. The number of amides is 2. The molecular weight excluding hydrogens is 356 g/mol. The van der Waals surface area contributed by atoms with E-state index in [0.29, 0.717) is 37.9 Å². The third-order valence-electron chi connectivity index (χ3n) is 3.80. The van der Waals surface area contributed by atoms with Gasteiger partial charge in [0.2, 0.25) is 5.91 Å². The minimum atomic E-state index is -0.529. The lowest BCUT2D eigenvalue weighted by atomic mass is 10.2. The van der Waals surface area contributed by atoms with Crippen molar-refractivity contribution in [1.82, 2.24) is 19.4 Å². The smallest absolute Gasteiger partial charge is 0.410 e. The summed E-state index contributed by atoms with van der Waals surface area (Å²) in [6.07, 6.45) is 1.33. The van der Waals surface area contributed by atoms with Crippen LogP contribution in [0.1, 0.15) is 27.7 Å². The van der Waals surface area contributed by atoms with Crippen molar-refractivity contribution in [3.8, 4) is 0 Å². The Bertz CT molecular complexity index is 705. The summed E-state index contributed by atoms with van der Waals surface area (Å²) in [4.78, 5) is 43.2. The number of aromatic nitrogens is 2. The number of thioether (sulfide) groups is 1. The predicted molar refractivity (Wildman–Crippen MR) is 99.3 cm³/mol. The van der Waals surface area contributed by atoms with Crippen molar-refractivity contribution in [2.24, 2.45) is 0 Å². The molecule has 0 N–H and O–H groups in total. The number of nitrogens with zero attached hydrogens (tertiary/aromatic N) is 4. The normalized spacial score (nSPS) is 15.1. The van der Waals surface area contributed by atoms with Gasteiger partial charge in [0.1, 0.15) is 5.60 Å². The highest BCUT2D eigenvalue weighted by atomic mass is 32.2. The molecule has 0 aromatic carbocycles. The van der Waals surface area contributed by atoms with E-state index < -0.39 is 5.60 Å². The summed E-state index contributed by atoms with van der Waals surface area (Å²) in [5.74, 6) is 0.183. The van der Waals surface area contributed by atoms with Crippen LogP contribution in [0.3, 0.4) is 0 Å². The van der Waals surface area contributed by atoms with Crippen LogP contribution in [0.25, 0.3) is 0 Å². The number of carbonyl (C=O) groups excluding carboxylic acids is 2. The van der Waals surface area contributed by atoms with Gasteiger partial charge in [-0.3, -0.25) is 9.59 Å². The van der Waals surface area contributed by atoms with Crippen LogP contribution in [0.15, 0.2) is 22.2 Å². The predicted octanol–water partition coefficient (Wildman–Crippen LogP) is 1.43. The third-order valence-corrected chi connectivity index (χ3v) is 4.77. The highest BCUT2D eigenvalue weighted by Crippen LogP contribution is 2.16. The lowest BCUT2D eigenvalue weighted by Gasteiger charge is -2.35. The Hall–Kier alpha value is -2.03. The fraction of sp³-hybridized carbons (Fsp3) is 0.647. The van der Waals surface area contributed by atoms with Crippen molar-refractivity contribution in [2.75, 3.05) is 31.9 Å². The molecule has 0 bridgehead atoms. The van der Waals surface area contributed by atoms with Crippen LogP contribution < -0.4 is 5.56 Å². The van der Waals surface area contributed by atoms with E-state index in [1.54, 1.807) is 16.0 Å². The van der Waals surface area contributed by atoms with Gasteiger partial charge in [-0.15, -0.1) is 0 Å². The number of carbonyl (C=O) groups is 2. The maximum atomic E-state index is 12.4. The summed E-state index contributed by atoms with van der Waals surface area (Å²) in [6.45, 7) is 9.97. The summed E-state index contributed by atoms with van der Waals surface area (Å²) in [5.41, 5.74) is -0.839. The Morgan fingerprint density at radius 2 is 1.81 bits per heavy atom. The molecule has 0 atom stereocenters. The SMILES string of the molecule is CCn1ccc(=O)nc1SCC(=O)N1CCN(C(=O)OC(C)(C)C)CC1. The van der Waals surface area contributed by atoms with Gasteiger partial charge in [0.15, 0.2) is 5.16 Å². The third kappa shape index (κ3) is 5.76. The van der Waals surface area contributed by atoms with Crippen LogP contribution in [-0.2, 0) is 16.1 Å². The average Bonchev–Trinajstić information content (AvgIpc) is 2.58. The second-order valence-electron chi connectivity index (χ2n) is 6.97. The fourth-order valence-electron chi connectivity index (χ4n) is 2.45.